The van der Waals surface area contributed by atoms with Gasteiger partial charge in [0.05, 0.1) is 5.52 Å². The number of fused-ring (bicyclic) bond motifs is 2. The highest BCUT2D eigenvalue weighted by molar-refractivity contribution is 5.97. The number of rotatable bonds is 8. The molecule has 0 aliphatic carbocycles. The summed E-state index contributed by atoms with van der Waals surface area (Å²) in [6, 6.07) is 17.7. The topological polar surface area (TPSA) is 98.6 Å². The average Bonchev–Trinajstić information content (AvgIpc) is 3.52. The summed E-state index contributed by atoms with van der Waals surface area (Å²) in [6.07, 6.45) is 0.314. The zero-order valence-corrected chi connectivity index (χ0v) is 19.6. The highest BCUT2D eigenvalue weighted by atomic mass is 19.1. The van der Waals surface area contributed by atoms with Crippen molar-refractivity contribution in [2.75, 3.05) is 12.1 Å². The molecule has 3 aromatic carbocycles. The number of hydrogen-bond acceptors (Lipinski definition) is 6. The predicted molar refractivity (Wildman–Crippen MR) is 130 cm³/mol. The lowest BCUT2D eigenvalue weighted by molar-refractivity contribution is -0.140. The molecular formula is C26H24FN5O4. The Balaban J connectivity index is 1.42. The number of carbonyl (C=O) groups is 2. The van der Waals surface area contributed by atoms with Gasteiger partial charge >= 0.3 is 0 Å². The van der Waals surface area contributed by atoms with Crippen LogP contribution in [-0.4, -0.2) is 44.5 Å². The summed E-state index contributed by atoms with van der Waals surface area (Å²) in [5, 5.41) is 11.0. The van der Waals surface area contributed by atoms with E-state index in [1.165, 1.54) is 15.6 Å². The molecule has 0 spiro atoms. The lowest BCUT2D eigenvalue weighted by atomic mass is 10.1. The molecule has 1 aliphatic heterocycles. The van der Waals surface area contributed by atoms with Crippen molar-refractivity contribution in [2.24, 2.45) is 0 Å². The summed E-state index contributed by atoms with van der Waals surface area (Å²) in [6.45, 7) is 1.69. The largest absolute Gasteiger partial charge is 0.454 e. The molecule has 2 amide bonds. The van der Waals surface area contributed by atoms with E-state index in [2.05, 4.69) is 15.6 Å². The Kier molecular flexibility index (Phi) is 6.48. The number of ether oxygens (including phenoxy) is 2. The second-order valence-corrected chi connectivity index (χ2v) is 8.33. The lowest BCUT2D eigenvalue weighted by Crippen LogP contribution is -2.48. The smallest absolute Gasteiger partial charge is 0.247 e. The van der Waals surface area contributed by atoms with Crippen molar-refractivity contribution in [1.82, 2.24) is 19.9 Å². The number of nitrogens with one attached hydrogen (secondary N) is 1. The normalized spacial score (nSPS) is 12.9. The first kappa shape index (κ1) is 23.3. The van der Waals surface area contributed by atoms with E-state index in [-0.39, 0.29) is 25.8 Å². The van der Waals surface area contributed by atoms with Crippen molar-refractivity contribution in [3.8, 4) is 11.5 Å². The van der Waals surface area contributed by atoms with Gasteiger partial charge in [0.1, 0.15) is 23.9 Å². The zero-order valence-electron chi connectivity index (χ0n) is 19.6. The molecule has 5 rings (SSSR count). The van der Waals surface area contributed by atoms with Gasteiger partial charge < -0.3 is 19.7 Å². The van der Waals surface area contributed by atoms with Crippen molar-refractivity contribution in [3.63, 3.8) is 0 Å². The molecule has 0 radical (unpaired) electrons. The maximum Gasteiger partial charge on any atom is 0.247 e. The van der Waals surface area contributed by atoms with Crippen LogP contribution in [0.5, 0.6) is 11.5 Å². The Hall–Kier alpha value is -4.47. The van der Waals surface area contributed by atoms with Gasteiger partial charge in [0.25, 0.3) is 0 Å². The summed E-state index contributed by atoms with van der Waals surface area (Å²) in [4.78, 5) is 28.3. The van der Waals surface area contributed by atoms with E-state index in [4.69, 9.17) is 9.47 Å². The maximum absolute atomic E-state index is 14.5. The third-order valence-corrected chi connectivity index (χ3v) is 6.03. The quantitative estimate of drug-likeness (QED) is 0.405. The number of aromatic nitrogens is 3. The van der Waals surface area contributed by atoms with E-state index in [1.807, 2.05) is 18.2 Å². The van der Waals surface area contributed by atoms with Crippen molar-refractivity contribution in [1.29, 1.82) is 0 Å². The Morgan fingerprint density at radius 2 is 1.86 bits per heavy atom. The maximum atomic E-state index is 14.5. The minimum Gasteiger partial charge on any atom is -0.454 e. The highest BCUT2D eigenvalue weighted by Gasteiger charge is 2.30. The van der Waals surface area contributed by atoms with Crippen LogP contribution in [0.3, 0.4) is 0 Å². The standard InChI is InChI=1S/C26H24FN5O4/c1-2-21(26(34)28-18-11-12-23-24(13-18)36-16-35-23)31(14-17-7-3-4-8-19(17)27)25(33)15-32-22-10-6-5-9-20(22)29-30-32/h3-13,21H,2,14-16H2,1H3,(H,28,34)/t21-/m1/s1. The third-order valence-electron chi connectivity index (χ3n) is 6.03. The van der Waals surface area contributed by atoms with E-state index in [0.29, 0.717) is 40.2 Å². The lowest BCUT2D eigenvalue weighted by Gasteiger charge is -2.30. The second-order valence-electron chi connectivity index (χ2n) is 8.33. The molecule has 1 aromatic heterocycles. The van der Waals surface area contributed by atoms with Crippen LogP contribution >= 0.6 is 0 Å². The van der Waals surface area contributed by atoms with Crippen molar-refractivity contribution in [3.05, 3.63) is 78.1 Å². The fourth-order valence-electron chi connectivity index (χ4n) is 4.18. The number of para-hydroxylation sites is 1. The summed E-state index contributed by atoms with van der Waals surface area (Å²) >= 11 is 0. The van der Waals surface area contributed by atoms with Crippen LogP contribution in [0.2, 0.25) is 0 Å². The molecule has 1 aliphatic rings. The van der Waals surface area contributed by atoms with Crippen molar-refractivity contribution < 1.29 is 23.5 Å². The Bertz CT molecular complexity index is 1420. The summed E-state index contributed by atoms with van der Waals surface area (Å²) in [5.41, 5.74) is 2.15. The molecule has 2 heterocycles. The van der Waals surface area contributed by atoms with Crippen LogP contribution in [0.15, 0.2) is 66.7 Å². The molecule has 9 nitrogen and oxygen atoms in total. The van der Waals surface area contributed by atoms with Gasteiger partial charge in [-0.3, -0.25) is 9.59 Å². The van der Waals surface area contributed by atoms with Crippen LogP contribution in [0.25, 0.3) is 11.0 Å². The minimum atomic E-state index is -0.864. The number of hydrogen-bond donors (Lipinski definition) is 1. The highest BCUT2D eigenvalue weighted by Crippen LogP contribution is 2.34. The second kappa shape index (κ2) is 10.0. The number of nitrogens with zero attached hydrogens (tertiary/aromatic N) is 4. The molecule has 0 saturated carbocycles. The molecule has 0 unspecified atom stereocenters. The number of anilines is 1. The van der Waals surface area contributed by atoms with Gasteiger partial charge in [-0.2, -0.15) is 0 Å². The van der Waals surface area contributed by atoms with Crippen molar-refractivity contribution in [2.45, 2.75) is 32.5 Å². The Morgan fingerprint density at radius 3 is 2.69 bits per heavy atom. The molecule has 0 bridgehead atoms. The first-order valence-corrected chi connectivity index (χ1v) is 11.5. The van der Waals surface area contributed by atoms with E-state index in [1.54, 1.807) is 49.4 Å². The Labute approximate surface area is 206 Å². The van der Waals surface area contributed by atoms with Gasteiger partial charge in [-0.1, -0.05) is 42.5 Å². The van der Waals surface area contributed by atoms with E-state index >= 15 is 0 Å². The zero-order chi connectivity index (χ0) is 25.1. The van der Waals surface area contributed by atoms with Crippen LogP contribution < -0.4 is 14.8 Å². The molecular weight excluding hydrogens is 465 g/mol. The molecule has 184 valence electrons. The molecule has 0 fully saturated rings. The van der Waals surface area contributed by atoms with Crippen LogP contribution in [0.1, 0.15) is 18.9 Å². The summed E-state index contributed by atoms with van der Waals surface area (Å²) in [5.74, 6) is -0.117. The molecule has 1 atom stereocenters. The molecule has 4 aromatic rings. The fourth-order valence-corrected chi connectivity index (χ4v) is 4.18. The predicted octanol–water partition coefficient (Wildman–Crippen LogP) is 3.75. The number of carbonyl (C=O) groups excluding carboxylic acids is 2. The summed E-state index contributed by atoms with van der Waals surface area (Å²) < 4.78 is 26.7. The number of amides is 2. The minimum absolute atomic E-state index is 0.0782. The number of benzene rings is 3. The molecule has 0 saturated heterocycles. The Morgan fingerprint density at radius 1 is 1.08 bits per heavy atom. The number of halogens is 1. The summed E-state index contributed by atoms with van der Waals surface area (Å²) in [7, 11) is 0. The van der Waals surface area contributed by atoms with Crippen molar-refractivity contribution >= 4 is 28.5 Å². The first-order valence-electron chi connectivity index (χ1n) is 11.5. The van der Waals surface area contributed by atoms with Gasteiger partial charge in [0, 0.05) is 23.9 Å². The van der Waals surface area contributed by atoms with E-state index in [9.17, 15) is 14.0 Å². The van der Waals surface area contributed by atoms with Crippen LogP contribution in [0.4, 0.5) is 10.1 Å². The van der Waals surface area contributed by atoms with E-state index < -0.39 is 17.8 Å². The third kappa shape index (κ3) is 4.70. The molecule has 1 N–H and O–H groups in total. The van der Waals surface area contributed by atoms with E-state index in [0.717, 1.165) is 0 Å². The molecule has 10 heteroatoms. The van der Waals surface area contributed by atoms with Crippen LogP contribution in [0, 0.1) is 5.82 Å². The SMILES string of the molecule is CC[C@H](C(=O)Nc1ccc2c(c1)OCO2)N(Cc1ccccc1F)C(=O)Cn1nnc2ccccc21. The monoisotopic (exact) mass is 489 g/mol. The van der Waals surface area contributed by atoms with Gasteiger partial charge in [-0.15, -0.1) is 5.10 Å². The average molecular weight is 490 g/mol. The van der Waals surface area contributed by atoms with Gasteiger partial charge in [0.2, 0.25) is 18.6 Å². The van der Waals surface area contributed by atoms with Gasteiger partial charge in [-0.25, -0.2) is 9.07 Å². The first-order chi connectivity index (χ1) is 17.5. The van der Waals surface area contributed by atoms with Gasteiger partial charge in [0.15, 0.2) is 11.5 Å². The molecule has 36 heavy (non-hydrogen) atoms. The van der Waals surface area contributed by atoms with Gasteiger partial charge in [-0.05, 0) is 36.8 Å². The van der Waals surface area contributed by atoms with Crippen LogP contribution in [-0.2, 0) is 22.7 Å². The fraction of sp³-hybridized carbons (Fsp3) is 0.231.